The summed E-state index contributed by atoms with van der Waals surface area (Å²) in [5, 5.41) is 14.7. The van der Waals surface area contributed by atoms with Gasteiger partial charge < -0.3 is 9.73 Å². The van der Waals surface area contributed by atoms with Gasteiger partial charge in [0.05, 0.1) is 12.0 Å². The molecule has 3 aromatic rings. The number of hydrogen-bond donors (Lipinski definition) is 1. The Balaban J connectivity index is 1.55. The van der Waals surface area contributed by atoms with Crippen LogP contribution in [0.1, 0.15) is 5.76 Å². The third-order valence-corrected chi connectivity index (χ3v) is 4.14. The van der Waals surface area contributed by atoms with Crippen molar-refractivity contribution < 1.29 is 9.21 Å². The van der Waals surface area contributed by atoms with Gasteiger partial charge in [0.25, 0.3) is 0 Å². The fourth-order valence-corrected chi connectivity index (χ4v) is 2.62. The number of carbonyl (C=O) groups is 1. The van der Waals surface area contributed by atoms with E-state index in [2.05, 4.69) is 41.8 Å². The second-order valence-corrected chi connectivity index (χ2v) is 6.26. The molecule has 0 fully saturated rings. The van der Waals surface area contributed by atoms with Crippen molar-refractivity contribution in [1.82, 2.24) is 25.2 Å². The van der Waals surface area contributed by atoms with Crippen LogP contribution >= 0.6 is 27.7 Å². The van der Waals surface area contributed by atoms with Gasteiger partial charge in [0.15, 0.2) is 0 Å². The van der Waals surface area contributed by atoms with Crippen LogP contribution in [0.2, 0.25) is 0 Å². The van der Waals surface area contributed by atoms with Crippen molar-refractivity contribution in [2.24, 2.45) is 0 Å². The van der Waals surface area contributed by atoms with E-state index in [-0.39, 0.29) is 11.7 Å². The first kappa shape index (κ1) is 15.7. The molecule has 0 saturated heterocycles. The van der Waals surface area contributed by atoms with Crippen LogP contribution in [-0.4, -0.2) is 36.9 Å². The van der Waals surface area contributed by atoms with E-state index in [1.54, 1.807) is 35.3 Å². The SMILES string of the molecule is O=C(CSc1nnnn1Cc1ccco1)Nc1ccc(Br)cn1. The van der Waals surface area contributed by atoms with Gasteiger partial charge in [-0.15, -0.1) is 5.10 Å². The number of nitrogens with zero attached hydrogens (tertiary/aromatic N) is 5. The van der Waals surface area contributed by atoms with Crippen molar-refractivity contribution >= 4 is 39.4 Å². The summed E-state index contributed by atoms with van der Waals surface area (Å²) in [5.74, 6) is 1.23. The Morgan fingerprint density at radius 2 is 2.30 bits per heavy atom. The number of tetrazole rings is 1. The largest absolute Gasteiger partial charge is 0.467 e. The van der Waals surface area contributed by atoms with E-state index < -0.39 is 0 Å². The smallest absolute Gasteiger partial charge is 0.236 e. The lowest BCUT2D eigenvalue weighted by atomic mass is 10.4. The van der Waals surface area contributed by atoms with Crippen LogP contribution < -0.4 is 5.32 Å². The van der Waals surface area contributed by atoms with Crippen molar-refractivity contribution in [3.63, 3.8) is 0 Å². The Kier molecular flexibility index (Phi) is 5.03. The first-order valence-electron chi connectivity index (χ1n) is 6.53. The molecule has 23 heavy (non-hydrogen) atoms. The molecule has 0 bridgehead atoms. The summed E-state index contributed by atoms with van der Waals surface area (Å²) in [4.78, 5) is 16.0. The number of carbonyl (C=O) groups excluding carboxylic acids is 1. The van der Waals surface area contributed by atoms with Gasteiger partial charge in [0, 0.05) is 10.7 Å². The minimum atomic E-state index is -0.183. The van der Waals surface area contributed by atoms with Crippen LogP contribution in [0.3, 0.4) is 0 Å². The number of furan rings is 1. The third kappa shape index (κ3) is 4.39. The number of pyridine rings is 1. The molecule has 0 radical (unpaired) electrons. The standard InChI is InChI=1S/C13H11BrN6O2S/c14-9-3-4-11(15-6-9)16-12(21)8-23-13-17-18-19-20(13)7-10-2-1-5-22-10/h1-6H,7-8H2,(H,15,16,21). The molecule has 0 spiro atoms. The van der Waals surface area contributed by atoms with Gasteiger partial charge in [-0.1, -0.05) is 11.8 Å². The van der Waals surface area contributed by atoms with Crippen molar-refractivity contribution in [2.75, 3.05) is 11.1 Å². The van der Waals surface area contributed by atoms with Gasteiger partial charge in [-0.2, -0.15) is 0 Å². The number of nitrogens with one attached hydrogen (secondary N) is 1. The predicted octanol–water partition coefficient (Wildman–Crippen LogP) is 2.20. The molecule has 1 N–H and O–H groups in total. The number of rotatable bonds is 6. The van der Waals surface area contributed by atoms with Gasteiger partial charge in [0.1, 0.15) is 18.1 Å². The Hall–Kier alpha value is -2.20. The lowest BCUT2D eigenvalue weighted by Crippen LogP contribution is -2.15. The van der Waals surface area contributed by atoms with Crippen LogP contribution in [0, 0.1) is 0 Å². The minimum Gasteiger partial charge on any atom is -0.467 e. The van der Waals surface area contributed by atoms with Crippen molar-refractivity contribution in [1.29, 1.82) is 0 Å². The average Bonchev–Trinajstić information content (AvgIpc) is 3.20. The number of hydrogen-bond acceptors (Lipinski definition) is 7. The Morgan fingerprint density at radius 3 is 3.04 bits per heavy atom. The van der Waals surface area contributed by atoms with Gasteiger partial charge in [-0.25, -0.2) is 9.67 Å². The van der Waals surface area contributed by atoms with E-state index in [1.165, 1.54) is 11.8 Å². The first-order valence-corrected chi connectivity index (χ1v) is 8.31. The molecule has 0 aliphatic carbocycles. The fourth-order valence-electron chi connectivity index (χ4n) is 1.71. The summed E-state index contributed by atoms with van der Waals surface area (Å²) in [6.07, 6.45) is 3.21. The average molecular weight is 395 g/mol. The van der Waals surface area contributed by atoms with Gasteiger partial charge in [-0.05, 0) is 50.6 Å². The van der Waals surface area contributed by atoms with Crippen molar-refractivity contribution in [2.45, 2.75) is 11.7 Å². The second kappa shape index (κ2) is 7.38. The molecule has 0 saturated carbocycles. The zero-order valence-electron chi connectivity index (χ0n) is 11.7. The molecule has 0 aliphatic rings. The topological polar surface area (TPSA) is 98.7 Å². The number of thioether (sulfide) groups is 1. The van der Waals surface area contributed by atoms with Crippen molar-refractivity contribution in [3.05, 3.63) is 47.0 Å². The quantitative estimate of drug-likeness (QED) is 0.639. The fraction of sp³-hybridized carbons (Fsp3) is 0.154. The molecule has 1 amide bonds. The maximum atomic E-state index is 11.9. The van der Waals surface area contributed by atoms with E-state index in [0.29, 0.717) is 17.5 Å². The summed E-state index contributed by atoms with van der Waals surface area (Å²) in [5.41, 5.74) is 0. The van der Waals surface area contributed by atoms with E-state index in [0.717, 1.165) is 10.2 Å². The molecule has 3 aromatic heterocycles. The normalized spacial score (nSPS) is 10.7. The molecular weight excluding hydrogens is 384 g/mol. The van der Waals surface area contributed by atoms with Crippen LogP contribution in [0.5, 0.6) is 0 Å². The molecule has 10 heteroatoms. The zero-order chi connectivity index (χ0) is 16.1. The number of amides is 1. The molecule has 0 atom stereocenters. The highest BCUT2D eigenvalue weighted by Crippen LogP contribution is 2.16. The monoisotopic (exact) mass is 394 g/mol. The summed E-state index contributed by atoms with van der Waals surface area (Å²) >= 11 is 4.53. The molecular formula is C13H11BrN6O2S. The summed E-state index contributed by atoms with van der Waals surface area (Å²) in [6.45, 7) is 0.415. The molecule has 8 nitrogen and oxygen atoms in total. The Bertz CT molecular complexity index is 774. The number of anilines is 1. The molecule has 118 valence electrons. The van der Waals surface area contributed by atoms with Gasteiger partial charge in [0.2, 0.25) is 11.1 Å². The van der Waals surface area contributed by atoms with Gasteiger partial charge >= 0.3 is 0 Å². The first-order chi connectivity index (χ1) is 11.2. The van der Waals surface area contributed by atoms with Gasteiger partial charge in [-0.3, -0.25) is 4.79 Å². The highest BCUT2D eigenvalue weighted by Gasteiger charge is 2.11. The number of halogens is 1. The van der Waals surface area contributed by atoms with Crippen LogP contribution in [0.25, 0.3) is 0 Å². The molecule has 3 heterocycles. The van der Waals surface area contributed by atoms with E-state index in [1.807, 2.05) is 6.07 Å². The summed E-state index contributed by atoms with van der Waals surface area (Å²) in [7, 11) is 0. The van der Waals surface area contributed by atoms with Crippen LogP contribution in [0.4, 0.5) is 5.82 Å². The van der Waals surface area contributed by atoms with Crippen LogP contribution in [-0.2, 0) is 11.3 Å². The third-order valence-electron chi connectivity index (χ3n) is 2.71. The highest BCUT2D eigenvalue weighted by molar-refractivity contribution is 9.10. The lowest BCUT2D eigenvalue weighted by molar-refractivity contribution is -0.113. The minimum absolute atomic E-state index is 0.177. The molecule has 0 aliphatic heterocycles. The summed E-state index contributed by atoms with van der Waals surface area (Å²) in [6, 6.07) is 7.15. The second-order valence-electron chi connectivity index (χ2n) is 4.40. The molecule has 0 unspecified atom stereocenters. The Labute approximate surface area is 143 Å². The maximum Gasteiger partial charge on any atom is 0.236 e. The van der Waals surface area contributed by atoms with Crippen molar-refractivity contribution in [3.8, 4) is 0 Å². The molecule has 0 aromatic carbocycles. The Morgan fingerprint density at radius 1 is 1.39 bits per heavy atom. The lowest BCUT2D eigenvalue weighted by Gasteiger charge is -2.04. The predicted molar refractivity (Wildman–Crippen MR) is 86.9 cm³/mol. The van der Waals surface area contributed by atoms with E-state index in [9.17, 15) is 4.79 Å². The van der Waals surface area contributed by atoms with E-state index in [4.69, 9.17) is 4.42 Å². The number of aromatic nitrogens is 5. The van der Waals surface area contributed by atoms with E-state index >= 15 is 0 Å². The maximum absolute atomic E-state index is 11.9. The zero-order valence-corrected chi connectivity index (χ0v) is 14.1. The summed E-state index contributed by atoms with van der Waals surface area (Å²) < 4.78 is 7.69. The van der Waals surface area contributed by atoms with Crippen LogP contribution in [0.15, 0.2) is 50.8 Å². The molecule has 3 rings (SSSR count). The highest BCUT2D eigenvalue weighted by atomic mass is 79.9.